The molecule has 3 nitrogen and oxygen atoms in total. The SMILES string of the molecule is O=[N+]([O-])c1ccccc1/C=C\c1ccccc1. The number of nitro benzene ring substituents is 1. The zero-order chi connectivity index (χ0) is 12.1. The summed E-state index contributed by atoms with van der Waals surface area (Å²) in [6.07, 6.45) is 3.62. The summed E-state index contributed by atoms with van der Waals surface area (Å²) in [5.74, 6) is 0. The Morgan fingerprint density at radius 1 is 0.882 bits per heavy atom. The van der Waals surface area contributed by atoms with Crippen LogP contribution in [-0.2, 0) is 0 Å². The molecule has 2 aromatic carbocycles. The van der Waals surface area contributed by atoms with Crippen LogP contribution in [0, 0.1) is 10.1 Å². The number of hydrogen-bond acceptors (Lipinski definition) is 2. The Kier molecular flexibility index (Phi) is 3.31. The summed E-state index contributed by atoms with van der Waals surface area (Å²) < 4.78 is 0. The van der Waals surface area contributed by atoms with Gasteiger partial charge in [0.15, 0.2) is 0 Å². The van der Waals surface area contributed by atoms with E-state index in [2.05, 4.69) is 0 Å². The highest BCUT2D eigenvalue weighted by Crippen LogP contribution is 2.20. The van der Waals surface area contributed by atoms with Crippen LogP contribution < -0.4 is 0 Å². The highest BCUT2D eigenvalue weighted by atomic mass is 16.6. The zero-order valence-corrected chi connectivity index (χ0v) is 9.11. The first-order chi connectivity index (χ1) is 8.27. The van der Waals surface area contributed by atoms with Gasteiger partial charge in [0.25, 0.3) is 5.69 Å². The lowest BCUT2D eigenvalue weighted by Crippen LogP contribution is -1.90. The van der Waals surface area contributed by atoms with Crippen LogP contribution in [0.25, 0.3) is 12.2 Å². The number of rotatable bonds is 3. The van der Waals surface area contributed by atoms with Gasteiger partial charge >= 0.3 is 0 Å². The Morgan fingerprint density at radius 3 is 2.24 bits per heavy atom. The molecule has 2 aromatic rings. The standard InChI is InChI=1S/C14H11NO2/c16-15(17)14-9-5-4-8-13(14)11-10-12-6-2-1-3-7-12/h1-11H/b11-10-. The number of hydrogen-bond donors (Lipinski definition) is 0. The molecule has 17 heavy (non-hydrogen) atoms. The molecule has 0 aromatic heterocycles. The first kappa shape index (κ1) is 11.1. The fourth-order valence-electron chi connectivity index (χ4n) is 1.54. The van der Waals surface area contributed by atoms with E-state index in [0.29, 0.717) is 5.56 Å². The summed E-state index contributed by atoms with van der Waals surface area (Å²) in [5.41, 5.74) is 1.76. The van der Waals surface area contributed by atoms with Crippen molar-refractivity contribution in [2.24, 2.45) is 0 Å². The molecule has 0 spiro atoms. The largest absolute Gasteiger partial charge is 0.276 e. The molecule has 0 bridgehead atoms. The van der Waals surface area contributed by atoms with E-state index in [0.717, 1.165) is 5.56 Å². The lowest BCUT2D eigenvalue weighted by molar-refractivity contribution is -0.385. The van der Waals surface area contributed by atoms with E-state index in [4.69, 9.17) is 0 Å². The highest BCUT2D eigenvalue weighted by Gasteiger charge is 2.08. The van der Waals surface area contributed by atoms with Crippen LogP contribution in [0.1, 0.15) is 11.1 Å². The average molecular weight is 225 g/mol. The van der Waals surface area contributed by atoms with Crippen LogP contribution in [0.15, 0.2) is 54.6 Å². The van der Waals surface area contributed by atoms with Crippen LogP contribution in [-0.4, -0.2) is 4.92 Å². The Hall–Kier alpha value is -2.42. The average Bonchev–Trinajstić information content (AvgIpc) is 2.38. The first-order valence-corrected chi connectivity index (χ1v) is 5.24. The quantitative estimate of drug-likeness (QED) is 0.453. The third kappa shape index (κ3) is 2.78. The fraction of sp³-hybridized carbons (Fsp3) is 0. The van der Waals surface area contributed by atoms with Crippen molar-refractivity contribution in [3.63, 3.8) is 0 Å². The molecule has 3 heteroatoms. The molecular weight excluding hydrogens is 214 g/mol. The van der Waals surface area contributed by atoms with Gasteiger partial charge in [0, 0.05) is 6.07 Å². The van der Waals surface area contributed by atoms with E-state index in [-0.39, 0.29) is 10.6 Å². The predicted molar refractivity (Wildman–Crippen MR) is 68.5 cm³/mol. The minimum Gasteiger partial charge on any atom is -0.258 e. The topological polar surface area (TPSA) is 43.1 Å². The van der Waals surface area contributed by atoms with Gasteiger partial charge in [0.1, 0.15) is 0 Å². The van der Waals surface area contributed by atoms with E-state index in [1.165, 1.54) is 6.07 Å². The van der Waals surface area contributed by atoms with Gasteiger partial charge in [-0.05, 0) is 17.7 Å². The van der Waals surface area contributed by atoms with Crippen molar-refractivity contribution in [1.29, 1.82) is 0 Å². The molecule has 84 valence electrons. The lowest BCUT2D eigenvalue weighted by atomic mass is 10.1. The normalized spacial score (nSPS) is 10.6. The fourth-order valence-corrected chi connectivity index (χ4v) is 1.54. The summed E-state index contributed by atoms with van der Waals surface area (Å²) in [6.45, 7) is 0. The van der Waals surface area contributed by atoms with Crippen LogP contribution >= 0.6 is 0 Å². The second-order valence-corrected chi connectivity index (χ2v) is 3.56. The van der Waals surface area contributed by atoms with Crippen molar-refractivity contribution in [1.82, 2.24) is 0 Å². The van der Waals surface area contributed by atoms with Crippen LogP contribution in [0.3, 0.4) is 0 Å². The van der Waals surface area contributed by atoms with Gasteiger partial charge in [-0.3, -0.25) is 10.1 Å². The maximum Gasteiger partial charge on any atom is 0.276 e. The van der Waals surface area contributed by atoms with Crippen molar-refractivity contribution >= 4 is 17.8 Å². The third-order valence-electron chi connectivity index (χ3n) is 2.39. The third-order valence-corrected chi connectivity index (χ3v) is 2.39. The number of nitro groups is 1. The molecule has 0 aliphatic heterocycles. The lowest BCUT2D eigenvalue weighted by Gasteiger charge is -1.96. The van der Waals surface area contributed by atoms with E-state index in [1.54, 1.807) is 24.3 Å². The molecule has 0 atom stereocenters. The monoisotopic (exact) mass is 225 g/mol. The van der Waals surface area contributed by atoms with Crippen molar-refractivity contribution < 1.29 is 4.92 Å². The minimum absolute atomic E-state index is 0.125. The van der Waals surface area contributed by atoms with Crippen molar-refractivity contribution in [2.75, 3.05) is 0 Å². The summed E-state index contributed by atoms with van der Waals surface area (Å²) in [4.78, 5) is 10.4. The van der Waals surface area contributed by atoms with E-state index >= 15 is 0 Å². The highest BCUT2D eigenvalue weighted by molar-refractivity contribution is 5.73. The molecule has 2 rings (SSSR count). The van der Waals surface area contributed by atoms with Gasteiger partial charge in [-0.15, -0.1) is 0 Å². The maximum atomic E-state index is 10.8. The van der Waals surface area contributed by atoms with Crippen LogP contribution in [0.2, 0.25) is 0 Å². The molecule has 0 aliphatic rings. The molecule has 0 fully saturated rings. The second kappa shape index (κ2) is 5.07. The molecule has 0 unspecified atom stereocenters. The Labute approximate surface area is 99.2 Å². The van der Waals surface area contributed by atoms with E-state index in [1.807, 2.05) is 36.4 Å². The Bertz CT molecular complexity index is 547. The Balaban J connectivity index is 2.30. The van der Waals surface area contributed by atoms with Gasteiger partial charge in [-0.25, -0.2) is 0 Å². The van der Waals surface area contributed by atoms with Crippen LogP contribution in [0.4, 0.5) is 5.69 Å². The first-order valence-electron chi connectivity index (χ1n) is 5.24. The zero-order valence-electron chi connectivity index (χ0n) is 9.11. The molecular formula is C14H11NO2. The van der Waals surface area contributed by atoms with Gasteiger partial charge < -0.3 is 0 Å². The van der Waals surface area contributed by atoms with Gasteiger partial charge in [-0.2, -0.15) is 0 Å². The van der Waals surface area contributed by atoms with Crippen molar-refractivity contribution in [2.45, 2.75) is 0 Å². The molecule has 0 heterocycles. The summed E-state index contributed by atoms with van der Waals surface area (Å²) in [6, 6.07) is 16.4. The summed E-state index contributed by atoms with van der Waals surface area (Å²) in [7, 11) is 0. The van der Waals surface area contributed by atoms with Gasteiger partial charge in [0.2, 0.25) is 0 Å². The van der Waals surface area contributed by atoms with Crippen molar-refractivity contribution in [3.05, 3.63) is 75.8 Å². The molecule has 0 saturated carbocycles. The van der Waals surface area contributed by atoms with Gasteiger partial charge in [-0.1, -0.05) is 48.5 Å². The summed E-state index contributed by atoms with van der Waals surface area (Å²) >= 11 is 0. The number of benzene rings is 2. The smallest absolute Gasteiger partial charge is 0.258 e. The van der Waals surface area contributed by atoms with Crippen molar-refractivity contribution in [3.8, 4) is 0 Å². The maximum absolute atomic E-state index is 10.8. The summed E-state index contributed by atoms with van der Waals surface area (Å²) in [5, 5.41) is 10.8. The Morgan fingerprint density at radius 2 is 1.53 bits per heavy atom. The molecule has 0 saturated heterocycles. The predicted octanol–water partition coefficient (Wildman–Crippen LogP) is 3.77. The molecule has 0 N–H and O–H groups in total. The van der Waals surface area contributed by atoms with E-state index in [9.17, 15) is 10.1 Å². The number of para-hydroxylation sites is 1. The number of nitrogens with zero attached hydrogens (tertiary/aromatic N) is 1. The molecule has 0 aliphatic carbocycles. The second-order valence-electron chi connectivity index (χ2n) is 3.56. The molecule has 0 amide bonds. The molecule has 0 radical (unpaired) electrons. The van der Waals surface area contributed by atoms with E-state index < -0.39 is 0 Å². The van der Waals surface area contributed by atoms with Gasteiger partial charge in [0.05, 0.1) is 10.5 Å². The minimum atomic E-state index is -0.370. The van der Waals surface area contributed by atoms with Crippen LogP contribution in [0.5, 0.6) is 0 Å².